The summed E-state index contributed by atoms with van der Waals surface area (Å²) in [5.74, 6) is -0.156. The highest BCUT2D eigenvalue weighted by Crippen LogP contribution is 2.40. The molecule has 0 radical (unpaired) electrons. The van der Waals surface area contributed by atoms with Crippen LogP contribution in [0.5, 0.6) is 0 Å². The van der Waals surface area contributed by atoms with Crippen LogP contribution in [0.3, 0.4) is 0 Å². The zero-order chi connectivity index (χ0) is 19.0. The lowest BCUT2D eigenvalue weighted by Gasteiger charge is -2.30. The summed E-state index contributed by atoms with van der Waals surface area (Å²) in [5, 5.41) is 0. The Kier molecular flexibility index (Phi) is 9.52. The highest BCUT2D eigenvalue weighted by molar-refractivity contribution is 5.95. The Balaban J connectivity index is 2.97. The summed E-state index contributed by atoms with van der Waals surface area (Å²) in [4.78, 5) is 25.6. The van der Waals surface area contributed by atoms with Gasteiger partial charge in [0, 0.05) is 0 Å². The van der Waals surface area contributed by atoms with Crippen LogP contribution in [0.4, 0.5) is 0 Å². The lowest BCUT2D eigenvalue weighted by atomic mass is 9.75. The minimum absolute atomic E-state index is 0.0295. The topological polar surface area (TPSA) is 52.6 Å². The molecule has 4 nitrogen and oxygen atoms in total. The van der Waals surface area contributed by atoms with Gasteiger partial charge in [-0.2, -0.15) is 0 Å². The van der Waals surface area contributed by atoms with Gasteiger partial charge in [-0.15, -0.1) is 0 Å². The Morgan fingerprint density at radius 1 is 0.800 bits per heavy atom. The number of ether oxygens (including phenoxy) is 2. The molecule has 1 aliphatic rings. The fraction of sp³-hybridized carbons (Fsp3) is 0.905. The van der Waals surface area contributed by atoms with E-state index in [1.165, 1.54) is 12.8 Å². The Bertz CT molecular complexity index is 384. The highest BCUT2D eigenvalue weighted by Gasteiger charge is 2.42. The minimum Gasteiger partial charge on any atom is -0.465 e. The summed E-state index contributed by atoms with van der Waals surface area (Å²) in [6.07, 6.45) is 5.44. The van der Waals surface area contributed by atoms with E-state index in [4.69, 9.17) is 9.47 Å². The molecule has 0 heterocycles. The van der Waals surface area contributed by atoms with Crippen LogP contribution in [-0.2, 0) is 19.1 Å². The summed E-state index contributed by atoms with van der Waals surface area (Å²) >= 11 is 0. The summed E-state index contributed by atoms with van der Waals surface area (Å²) in [5.41, 5.74) is 0. The summed E-state index contributed by atoms with van der Waals surface area (Å²) in [7, 11) is 0. The van der Waals surface area contributed by atoms with Gasteiger partial charge >= 0.3 is 11.9 Å². The molecule has 1 atom stereocenters. The third kappa shape index (κ3) is 7.79. The van der Waals surface area contributed by atoms with Gasteiger partial charge in [0.1, 0.15) is 0 Å². The molecule has 0 N–H and O–H groups in total. The van der Waals surface area contributed by atoms with E-state index in [2.05, 4.69) is 13.8 Å². The molecule has 1 rings (SSSR count). The Hall–Kier alpha value is -1.06. The van der Waals surface area contributed by atoms with Gasteiger partial charge in [0.25, 0.3) is 0 Å². The smallest absolute Gasteiger partial charge is 0.320 e. The molecule has 0 bridgehead atoms. The number of rotatable bonds is 10. The van der Waals surface area contributed by atoms with Crippen LogP contribution in [0.2, 0.25) is 0 Å². The number of hydrogen-bond acceptors (Lipinski definition) is 4. The number of esters is 2. The second-order valence-electron chi connectivity index (χ2n) is 8.86. The molecule has 0 aliphatic heterocycles. The van der Waals surface area contributed by atoms with Crippen molar-refractivity contribution in [2.45, 2.75) is 73.6 Å². The normalized spacial score (nSPS) is 16.9. The molecule has 0 aromatic rings. The molecule has 146 valence electrons. The SMILES string of the molecule is CC(C)COC(=O)C(C(=O)OCC(C)C)C(CC(C)C)C1CCCC1. The zero-order valence-electron chi connectivity index (χ0n) is 17.0. The molecule has 25 heavy (non-hydrogen) atoms. The molecule has 4 heteroatoms. The van der Waals surface area contributed by atoms with Crippen molar-refractivity contribution in [3.8, 4) is 0 Å². The molecular formula is C21H38O4. The van der Waals surface area contributed by atoms with E-state index in [-0.39, 0.29) is 29.7 Å². The van der Waals surface area contributed by atoms with Gasteiger partial charge < -0.3 is 9.47 Å². The zero-order valence-corrected chi connectivity index (χ0v) is 17.0. The van der Waals surface area contributed by atoms with E-state index in [1.54, 1.807) is 0 Å². The predicted molar refractivity (Wildman–Crippen MR) is 100.0 cm³/mol. The van der Waals surface area contributed by atoms with Crippen molar-refractivity contribution in [3.63, 3.8) is 0 Å². The predicted octanol–water partition coefficient (Wildman–Crippen LogP) is 4.85. The van der Waals surface area contributed by atoms with Crippen LogP contribution in [0.15, 0.2) is 0 Å². The van der Waals surface area contributed by atoms with Crippen molar-refractivity contribution in [2.24, 2.45) is 35.5 Å². The van der Waals surface area contributed by atoms with Crippen molar-refractivity contribution >= 4 is 11.9 Å². The van der Waals surface area contributed by atoms with Crippen LogP contribution >= 0.6 is 0 Å². The van der Waals surface area contributed by atoms with Crippen molar-refractivity contribution in [1.82, 2.24) is 0 Å². The Morgan fingerprint density at radius 2 is 1.24 bits per heavy atom. The molecule has 1 unspecified atom stereocenters. The lowest BCUT2D eigenvalue weighted by molar-refractivity contribution is -0.167. The van der Waals surface area contributed by atoms with Gasteiger partial charge in [-0.05, 0) is 36.0 Å². The molecule has 1 aliphatic carbocycles. The van der Waals surface area contributed by atoms with Gasteiger partial charge in [-0.1, -0.05) is 67.2 Å². The van der Waals surface area contributed by atoms with Crippen LogP contribution < -0.4 is 0 Å². The second-order valence-corrected chi connectivity index (χ2v) is 8.86. The van der Waals surface area contributed by atoms with Gasteiger partial charge in [0.2, 0.25) is 0 Å². The van der Waals surface area contributed by atoms with Crippen LogP contribution in [0.1, 0.15) is 73.6 Å². The highest BCUT2D eigenvalue weighted by atomic mass is 16.6. The van der Waals surface area contributed by atoms with E-state index >= 15 is 0 Å². The van der Waals surface area contributed by atoms with Crippen LogP contribution in [0.25, 0.3) is 0 Å². The van der Waals surface area contributed by atoms with Crippen molar-refractivity contribution in [2.75, 3.05) is 13.2 Å². The fourth-order valence-corrected chi connectivity index (χ4v) is 3.65. The van der Waals surface area contributed by atoms with Gasteiger partial charge in [0.05, 0.1) is 13.2 Å². The molecule has 0 amide bonds. The molecule has 0 spiro atoms. The third-order valence-electron chi connectivity index (χ3n) is 4.80. The van der Waals surface area contributed by atoms with E-state index in [9.17, 15) is 9.59 Å². The Labute approximate surface area is 154 Å². The first kappa shape index (κ1) is 22.0. The van der Waals surface area contributed by atoms with Gasteiger partial charge in [-0.3, -0.25) is 9.59 Å². The average Bonchev–Trinajstić information content (AvgIpc) is 3.04. The van der Waals surface area contributed by atoms with Gasteiger partial charge in [-0.25, -0.2) is 0 Å². The first-order valence-corrected chi connectivity index (χ1v) is 10.1. The van der Waals surface area contributed by atoms with Crippen LogP contribution in [-0.4, -0.2) is 25.2 Å². The molecular weight excluding hydrogens is 316 g/mol. The van der Waals surface area contributed by atoms with Crippen molar-refractivity contribution in [3.05, 3.63) is 0 Å². The molecule has 0 saturated heterocycles. The lowest BCUT2D eigenvalue weighted by Crippen LogP contribution is -2.39. The largest absolute Gasteiger partial charge is 0.465 e. The minimum atomic E-state index is -0.775. The molecule has 0 aromatic carbocycles. The standard InChI is InChI=1S/C21H38O4/c1-14(2)11-18(17-9-7-8-10-17)19(20(22)24-12-15(3)4)21(23)25-13-16(5)6/h14-19H,7-13H2,1-6H3. The van der Waals surface area contributed by atoms with E-state index < -0.39 is 5.92 Å². The third-order valence-corrected chi connectivity index (χ3v) is 4.80. The van der Waals surface area contributed by atoms with Crippen LogP contribution in [0, 0.1) is 35.5 Å². The fourth-order valence-electron chi connectivity index (χ4n) is 3.65. The molecule has 0 aromatic heterocycles. The van der Waals surface area contributed by atoms with Crippen molar-refractivity contribution < 1.29 is 19.1 Å². The number of hydrogen-bond donors (Lipinski definition) is 0. The maximum atomic E-state index is 12.8. The average molecular weight is 355 g/mol. The summed E-state index contributed by atoms with van der Waals surface area (Å²) in [6.45, 7) is 13.0. The van der Waals surface area contributed by atoms with Gasteiger partial charge in [0.15, 0.2) is 5.92 Å². The maximum Gasteiger partial charge on any atom is 0.320 e. The number of carbonyl (C=O) groups excluding carboxylic acids is 2. The monoisotopic (exact) mass is 354 g/mol. The van der Waals surface area contributed by atoms with E-state index in [0.717, 1.165) is 19.3 Å². The first-order valence-electron chi connectivity index (χ1n) is 10.1. The van der Waals surface area contributed by atoms with E-state index in [0.29, 0.717) is 25.0 Å². The Morgan fingerprint density at radius 3 is 1.60 bits per heavy atom. The summed E-state index contributed by atoms with van der Waals surface area (Å²) in [6, 6.07) is 0. The number of carbonyl (C=O) groups is 2. The first-order chi connectivity index (χ1) is 11.7. The van der Waals surface area contributed by atoms with E-state index in [1.807, 2.05) is 27.7 Å². The molecule has 1 saturated carbocycles. The van der Waals surface area contributed by atoms with Crippen molar-refractivity contribution in [1.29, 1.82) is 0 Å². The second kappa shape index (κ2) is 10.8. The molecule has 1 fully saturated rings. The summed E-state index contributed by atoms with van der Waals surface area (Å²) < 4.78 is 11.0. The maximum absolute atomic E-state index is 12.8. The quantitative estimate of drug-likeness (QED) is 0.415.